The zero-order valence-corrected chi connectivity index (χ0v) is 23.7. The Morgan fingerprint density at radius 2 is 1.69 bits per heavy atom. The van der Waals surface area contributed by atoms with Crippen LogP contribution in [0.1, 0.15) is 17.2 Å². The molecule has 2 heterocycles. The lowest BCUT2D eigenvalue weighted by Gasteiger charge is -2.22. The van der Waals surface area contributed by atoms with Gasteiger partial charge in [0.15, 0.2) is 0 Å². The van der Waals surface area contributed by atoms with Gasteiger partial charge in [-0.1, -0.05) is 60.7 Å². The maximum Gasteiger partial charge on any atom is 0.429 e. The number of carboxylic acids is 1. The zero-order valence-electron chi connectivity index (χ0n) is 22.0. The summed E-state index contributed by atoms with van der Waals surface area (Å²) >= 11 is 1.18. The Balaban J connectivity index is 0.00000405. The number of rotatable bonds is 9. The Morgan fingerprint density at radius 3 is 2.33 bits per heavy atom. The average Bonchev–Trinajstić information content (AvgIpc) is 3.41. The molecule has 0 amide bonds. The van der Waals surface area contributed by atoms with Gasteiger partial charge in [-0.05, 0) is 40.8 Å². The van der Waals surface area contributed by atoms with E-state index in [-0.39, 0.29) is 30.3 Å². The minimum atomic E-state index is -4.71. The lowest BCUT2D eigenvalue weighted by molar-refractivity contribution is -0.198. The number of carbonyl (C=O) groups is 1. The van der Waals surface area contributed by atoms with Crippen LogP contribution < -0.4 is 15.2 Å². The summed E-state index contributed by atoms with van der Waals surface area (Å²) in [5.41, 5.74) is 9.73. The highest BCUT2D eigenvalue weighted by molar-refractivity contribution is 7.18. The number of nitrogens with two attached hydrogens (primary N) is 1. The van der Waals surface area contributed by atoms with Crippen molar-refractivity contribution in [2.75, 3.05) is 7.11 Å². The number of fused-ring (bicyclic) bond motifs is 1. The minimum absolute atomic E-state index is 0. The summed E-state index contributed by atoms with van der Waals surface area (Å²) < 4.78 is 53.9. The monoisotopic (exact) mass is 615 g/mol. The third-order valence-electron chi connectivity index (χ3n) is 6.50. The van der Waals surface area contributed by atoms with Crippen LogP contribution in [0.25, 0.3) is 32.5 Å². The van der Waals surface area contributed by atoms with Crippen molar-refractivity contribution in [2.45, 2.75) is 24.7 Å². The van der Waals surface area contributed by atoms with Crippen molar-refractivity contribution in [1.29, 1.82) is 0 Å². The Kier molecular flexibility index (Phi) is 9.35. The van der Waals surface area contributed by atoms with Crippen molar-refractivity contribution in [3.63, 3.8) is 0 Å². The van der Waals surface area contributed by atoms with Gasteiger partial charge >= 0.3 is 12.1 Å². The van der Waals surface area contributed by atoms with E-state index in [0.29, 0.717) is 21.5 Å². The molecule has 0 fully saturated rings. The van der Waals surface area contributed by atoms with Crippen molar-refractivity contribution in [3.8, 4) is 33.9 Å². The van der Waals surface area contributed by atoms with E-state index in [1.807, 2.05) is 12.1 Å². The van der Waals surface area contributed by atoms with E-state index in [4.69, 9.17) is 20.3 Å². The van der Waals surface area contributed by atoms with E-state index in [1.54, 1.807) is 61.0 Å². The molecule has 0 bridgehead atoms. The van der Waals surface area contributed by atoms with Gasteiger partial charge < -0.3 is 20.3 Å². The predicted octanol–water partition coefficient (Wildman–Crippen LogP) is 7.09. The number of hydrogen-bond acceptors (Lipinski definition) is 7. The normalized spacial score (nSPS) is 12.8. The van der Waals surface area contributed by atoms with Crippen LogP contribution in [-0.2, 0) is 11.2 Å². The third kappa shape index (κ3) is 6.64. The summed E-state index contributed by atoms with van der Waals surface area (Å²) in [5.74, 6) is -0.619. The van der Waals surface area contributed by atoms with E-state index in [9.17, 15) is 18.0 Å². The highest BCUT2D eigenvalue weighted by Crippen LogP contribution is 2.42. The molecule has 0 unspecified atom stereocenters. The number of aliphatic carboxylic acids is 1. The third-order valence-corrected chi connectivity index (χ3v) is 7.46. The number of aromatic nitrogens is 2. The topological polar surface area (TPSA) is 108 Å². The average molecular weight is 616 g/mol. The van der Waals surface area contributed by atoms with Crippen LogP contribution in [0, 0.1) is 0 Å². The molecule has 7 nitrogen and oxygen atoms in total. The maximum atomic E-state index is 14.2. The van der Waals surface area contributed by atoms with Crippen LogP contribution >= 0.6 is 23.7 Å². The predicted molar refractivity (Wildman–Crippen MR) is 157 cm³/mol. The Labute approximate surface area is 249 Å². The van der Waals surface area contributed by atoms with Crippen LogP contribution in [0.5, 0.6) is 11.6 Å². The molecule has 0 aliphatic carbocycles. The van der Waals surface area contributed by atoms with Gasteiger partial charge in [-0.2, -0.15) is 13.2 Å². The van der Waals surface area contributed by atoms with Gasteiger partial charge in [0.25, 0.3) is 0 Å². The Morgan fingerprint density at radius 1 is 1.00 bits per heavy atom. The highest BCUT2D eigenvalue weighted by Gasteiger charge is 2.43. The first-order chi connectivity index (χ1) is 19.6. The number of hydrogen-bond donors (Lipinski definition) is 2. The SMILES string of the molecule is COc1cccc(-c2ccc([C@@H](Oc3ncnc4c(-c5ccc(C[C@H](N)C(=O)O)cc5)csc34)C(F)(F)F)cc2)c1.Cl. The molecule has 0 aliphatic rings. The van der Waals surface area contributed by atoms with Gasteiger partial charge in [0.2, 0.25) is 12.0 Å². The molecule has 0 saturated carbocycles. The number of alkyl halides is 3. The van der Waals surface area contributed by atoms with E-state index in [1.165, 1.54) is 29.8 Å². The van der Waals surface area contributed by atoms with Gasteiger partial charge in [0, 0.05) is 16.5 Å². The summed E-state index contributed by atoms with van der Waals surface area (Å²) in [6.07, 6.45) is -5.61. The van der Waals surface area contributed by atoms with Crippen molar-refractivity contribution >= 4 is 39.9 Å². The van der Waals surface area contributed by atoms with Gasteiger partial charge in [-0.15, -0.1) is 23.7 Å². The van der Waals surface area contributed by atoms with Crippen molar-refractivity contribution in [2.24, 2.45) is 5.73 Å². The van der Waals surface area contributed by atoms with Crippen LogP contribution in [0.2, 0.25) is 0 Å². The Hall–Kier alpha value is -4.19. The molecule has 0 radical (unpaired) electrons. The zero-order chi connectivity index (χ0) is 29.1. The summed E-state index contributed by atoms with van der Waals surface area (Å²) in [7, 11) is 1.55. The highest BCUT2D eigenvalue weighted by atomic mass is 35.5. The molecular weight excluding hydrogens is 591 g/mol. The van der Waals surface area contributed by atoms with Gasteiger partial charge in [-0.3, -0.25) is 4.79 Å². The molecule has 3 aromatic carbocycles. The second-order valence-electron chi connectivity index (χ2n) is 9.25. The number of carboxylic acid groups (broad SMARTS) is 1. The van der Waals surface area contributed by atoms with Gasteiger partial charge in [-0.25, -0.2) is 9.97 Å². The first-order valence-electron chi connectivity index (χ1n) is 12.4. The van der Waals surface area contributed by atoms with Crippen LogP contribution in [0.4, 0.5) is 13.2 Å². The number of methoxy groups -OCH3 is 1. The summed E-state index contributed by atoms with van der Waals surface area (Å²) in [4.78, 5) is 19.4. The quantitative estimate of drug-likeness (QED) is 0.182. The fourth-order valence-corrected chi connectivity index (χ4v) is 5.33. The van der Waals surface area contributed by atoms with E-state index in [2.05, 4.69) is 9.97 Å². The molecule has 3 N–H and O–H groups in total. The second kappa shape index (κ2) is 12.8. The fraction of sp³-hybridized carbons (Fsp3) is 0.167. The molecule has 0 saturated heterocycles. The van der Waals surface area contributed by atoms with Crippen molar-refractivity contribution < 1.29 is 32.5 Å². The minimum Gasteiger partial charge on any atom is -0.497 e. The standard InChI is InChI=1S/C30H24F3N3O4S.ClH/c1-39-22-4-2-3-21(14-22)18-9-11-20(12-10-18)27(30(31,32)33)40-28-26-25(35-16-36-28)23(15-41-26)19-7-5-17(6-8-19)13-24(34)29(37)38;/h2-12,14-16,24,27H,13,34H2,1H3,(H,37,38);1H/t24-,27+;/m0./s1. The molecule has 42 heavy (non-hydrogen) atoms. The van der Waals surface area contributed by atoms with E-state index in [0.717, 1.165) is 22.3 Å². The number of ether oxygens (including phenoxy) is 2. The summed E-state index contributed by atoms with van der Waals surface area (Å²) in [5, 5.41) is 10.8. The van der Waals surface area contributed by atoms with Crippen LogP contribution in [0.3, 0.4) is 0 Å². The molecule has 0 spiro atoms. The van der Waals surface area contributed by atoms with Gasteiger partial charge in [0.1, 0.15) is 22.8 Å². The van der Waals surface area contributed by atoms with E-state index >= 15 is 0 Å². The smallest absolute Gasteiger partial charge is 0.429 e. The fourth-order valence-electron chi connectivity index (χ4n) is 4.37. The van der Waals surface area contributed by atoms with Crippen LogP contribution in [0.15, 0.2) is 84.5 Å². The van der Waals surface area contributed by atoms with Crippen molar-refractivity contribution in [3.05, 3.63) is 95.6 Å². The largest absolute Gasteiger partial charge is 0.497 e. The number of nitrogens with zero attached hydrogens (tertiary/aromatic N) is 2. The molecule has 0 aliphatic heterocycles. The molecular formula is C30H25ClF3N3O4S. The molecule has 12 heteroatoms. The van der Waals surface area contributed by atoms with Crippen LogP contribution in [-0.4, -0.2) is 40.4 Å². The number of benzene rings is 3. The molecule has 2 aromatic heterocycles. The first kappa shape index (κ1) is 30.8. The first-order valence-corrected chi connectivity index (χ1v) is 13.3. The Bertz CT molecular complexity index is 1680. The lowest BCUT2D eigenvalue weighted by atomic mass is 10.0. The molecule has 5 aromatic rings. The van der Waals surface area contributed by atoms with Crippen molar-refractivity contribution in [1.82, 2.24) is 9.97 Å². The molecule has 218 valence electrons. The van der Waals surface area contributed by atoms with Gasteiger partial charge in [0.05, 0.1) is 12.6 Å². The number of halogens is 4. The molecule has 5 rings (SSSR count). The maximum absolute atomic E-state index is 14.2. The summed E-state index contributed by atoms with van der Waals surface area (Å²) in [6, 6.07) is 19.3. The van der Waals surface area contributed by atoms with E-state index < -0.39 is 24.3 Å². The summed E-state index contributed by atoms with van der Waals surface area (Å²) in [6.45, 7) is 0. The number of thiophene rings is 1. The second-order valence-corrected chi connectivity index (χ2v) is 10.1. The molecule has 2 atom stereocenters. The lowest BCUT2D eigenvalue weighted by Crippen LogP contribution is -2.32.